The molecule has 4 heteroatoms. The molecule has 0 aliphatic rings. The van der Waals surface area contributed by atoms with Crippen molar-refractivity contribution in [3.05, 3.63) is 0 Å². The van der Waals surface area contributed by atoms with E-state index in [2.05, 4.69) is 5.32 Å². The van der Waals surface area contributed by atoms with E-state index in [1.807, 2.05) is 13.8 Å². The maximum absolute atomic E-state index is 10.8. The van der Waals surface area contributed by atoms with Crippen LogP contribution >= 0.6 is 0 Å². The molecule has 0 spiro atoms. The Morgan fingerprint density at radius 1 is 1.67 bits per heavy atom. The Balaban J connectivity index is 3.80. The molecule has 0 aromatic heterocycles. The highest BCUT2D eigenvalue weighted by Gasteiger charge is 2.21. The largest absolute Gasteiger partial charge is 0.364 e. The Morgan fingerprint density at radius 2 is 2.25 bits per heavy atom. The first-order chi connectivity index (χ1) is 5.58. The number of nitrogens with one attached hydrogen (secondary N) is 1. The molecule has 72 valence electrons. The fourth-order valence-electron chi connectivity index (χ4n) is 0.617. The molecule has 12 heavy (non-hydrogen) atoms. The molecule has 0 saturated carbocycles. The van der Waals surface area contributed by atoms with Crippen LogP contribution in [0, 0.1) is 0 Å². The molecule has 0 rings (SSSR count). The number of carbonyl (C=O) groups is 1. The van der Waals surface area contributed by atoms with Crippen LogP contribution in [0.1, 0.15) is 20.3 Å². The van der Waals surface area contributed by atoms with Gasteiger partial charge in [-0.25, -0.2) is 0 Å². The third-order valence-corrected chi connectivity index (χ3v) is 2.01. The van der Waals surface area contributed by atoms with Crippen molar-refractivity contribution in [3.63, 3.8) is 0 Å². The number of nitrogens with two attached hydrogens (primary N) is 1. The normalized spacial score (nSPS) is 15.3. The minimum atomic E-state index is -0.369. The molecule has 3 N–H and O–H groups in total. The Kier molecular flexibility index (Phi) is 4.85. The topological polar surface area (TPSA) is 64.3 Å². The van der Waals surface area contributed by atoms with Crippen molar-refractivity contribution in [1.29, 1.82) is 0 Å². The van der Waals surface area contributed by atoms with Gasteiger partial charge in [0.25, 0.3) is 0 Å². The SMILES string of the molecule is CCC(C)(CN)OCC(=O)NC. The summed E-state index contributed by atoms with van der Waals surface area (Å²) in [5, 5.41) is 2.48. The highest BCUT2D eigenvalue weighted by molar-refractivity contribution is 5.76. The molecule has 0 heterocycles. The lowest BCUT2D eigenvalue weighted by Crippen LogP contribution is -2.39. The van der Waals surface area contributed by atoms with Crippen molar-refractivity contribution in [2.75, 3.05) is 20.2 Å². The molecular formula is C8H18N2O2. The zero-order chi connectivity index (χ0) is 9.61. The van der Waals surface area contributed by atoms with Crippen LogP contribution in [-0.2, 0) is 9.53 Å². The predicted molar refractivity (Wildman–Crippen MR) is 47.8 cm³/mol. The first-order valence-electron chi connectivity index (χ1n) is 4.12. The standard InChI is InChI=1S/C8H18N2O2/c1-4-8(2,6-9)12-5-7(11)10-3/h4-6,9H2,1-3H3,(H,10,11). The van der Waals surface area contributed by atoms with Crippen molar-refractivity contribution in [2.24, 2.45) is 5.73 Å². The van der Waals surface area contributed by atoms with Crippen molar-refractivity contribution in [2.45, 2.75) is 25.9 Å². The summed E-state index contributed by atoms with van der Waals surface area (Å²) in [6, 6.07) is 0. The van der Waals surface area contributed by atoms with Crippen LogP contribution in [0.3, 0.4) is 0 Å². The van der Waals surface area contributed by atoms with Gasteiger partial charge in [0.1, 0.15) is 6.61 Å². The van der Waals surface area contributed by atoms with Crippen LogP contribution in [0.25, 0.3) is 0 Å². The van der Waals surface area contributed by atoms with Gasteiger partial charge in [0, 0.05) is 13.6 Å². The van der Waals surface area contributed by atoms with E-state index in [1.54, 1.807) is 7.05 Å². The second-order valence-corrected chi connectivity index (χ2v) is 2.97. The van der Waals surface area contributed by atoms with Gasteiger partial charge in [-0.3, -0.25) is 4.79 Å². The monoisotopic (exact) mass is 174 g/mol. The average Bonchev–Trinajstić information content (AvgIpc) is 2.13. The maximum atomic E-state index is 10.8. The molecule has 0 saturated heterocycles. The van der Waals surface area contributed by atoms with Gasteiger partial charge in [-0.1, -0.05) is 6.92 Å². The highest BCUT2D eigenvalue weighted by atomic mass is 16.5. The molecule has 0 aromatic carbocycles. The number of carbonyl (C=O) groups excluding carboxylic acids is 1. The van der Waals surface area contributed by atoms with Gasteiger partial charge < -0.3 is 15.8 Å². The van der Waals surface area contributed by atoms with E-state index in [-0.39, 0.29) is 18.1 Å². The van der Waals surface area contributed by atoms with Gasteiger partial charge in [0.2, 0.25) is 5.91 Å². The first kappa shape index (κ1) is 11.4. The number of ether oxygens (including phenoxy) is 1. The second kappa shape index (κ2) is 5.11. The lowest BCUT2D eigenvalue weighted by atomic mass is 10.0. The molecule has 4 nitrogen and oxygen atoms in total. The summed E-state index contributed by atoms with van der Waals surface area (Å²) in [5.41, 5.74) is 5.12. The Morgan fingerprint density at radius 3 is 2.58 bits per heavy atom. The van der Waals surface area contributed by atoms with Gasteiger partial charge in [0.15, 0.2) is 0 Å². The fraction of sp³-hybridized carbons (Fsp3) is 0.875. The van der Waals surface area contributed by atoms with Crippen LogP contribution < -0.4 is 11.1 Å². The fourth-order valence-corrected chi connectivity index (χ4v) is 0.617. The first-order valence-corrected chi connectivity index (χ1v) is 4.12. The van der Waals surface area contributed by atoms with Crippen LogP contribution in [0.5, 0.6) is 0 Å². The maximum Gasteiger partial charge on any atom is 0.245 e. The van der Waals surface area contributed by atoms with E-state index in [9.17, 15) is 4.79 Å². The predicted octanol–water partition coefficient (Wildman–Crippen LogP) is -0.124. The molecule has 0 radical (unpaired) electrons. The van der Waals surface area contributed by atoms with Crippen molar-refractivity contribution in [3.8, 4) is 0 Å². The Bertz CT molecular complexity index is 144. The molecular weight excluding hydrogens is 156 g/mol. The van der Waals surface area contributed by atoms with Crippen LogP contribution in [-0.4, -0.2) is 31.7 Å². The highest BCUT2D eigenvalue weighted by Crippen LogP contribution is 2.12. The molecule has 0 aliphatic carbocycles. The van der Waals surface area contributed by atoms with E-state index in [0.29, 0.717) is 6.54 Å². The number of hydrogen-bond donors (Lipinski definition) is 2. The summed E-state index contributed by atoms with van der Waals surface area (Å²) in [6.07, 6.45) is 0.806. The summed E-state index contributed by atoms with van der Waals surface area (Å²) >= 11 is 0. The van der Waals surface area contributed by atoms with Crippen molar-refractivity contribution in [1.82, 2.24) is 5.32 Å². The van der Waals surface area contributed by atoms with Gasteiger partial charge >= 0.3 is 0 Å². The molecule has 1 atom stereocenters. The summed E-state index contributed by atoms with van der Waals surface area (Å²) < 4.78 is 5.34. The third-order valence-electron chi connectivity index (χ3n) is 2.01. The van der Waals surface area contributed by atoms with E-state index < -0.39 is 0 Å². The molecule has 1 amide bonds. The van der Waals surface area contributed by atoms with E-state index in [4.69, 9.17) is 10.5 Å². The average molecular weight is 174 g/mol. The lowest BCUT2D eigenvalue weighted by molar-refractivity contribution is -0.131. The van der Waals surface area contributed by atoms with Crippen LogP contribution in [0.2, 0.25) is 0 Å². The number of likely N-dealkylation sites (N-methyl/N-ethyl adjacent to an activating group) is 1. The smallest absolute Gasteiger partial charge is 0.245 e. The summed E-state index contributed by atoms with van der Waals surface area (Å²) in [7, 11) is 1.58. The summed E-state index contributed by atoms with van der Waals surface area (Å²) in [4.78, 5) is 10.8. The molecule has 0 bridgehead atoms. The van der Waals surface area contributed by atoms with Gasteiger partial charge in [0.05, 0.1) is 5.60 Å². The third kappa shape index (κ3) is 3.69. The molecule has 1 unspecified atom stereocenters. The lowest BCUT2D eigenvalue weighted by Gasteiger charge is -2.26. The Hall–Kier alpha value is -0.610. The zero-order valence-electron chi connectivity index (χ0n) is 8.02. The van der Waals surface area contributed by atoms with Crippen LogP contribution in [0.15, 0.2) is 0 Å². The zero-order valence-corrected chi connectivity index (χ0v) is 8.02. The summed E-state index contributed by atoms with van der Waals surface area (Å²) in [5.74, 6) is -0.122. The number of rotatable bonds is 5. The van der Waals surface area contributed by atoms with Crippen molar-refractivity contribution < 1.29 is 9.53 Å². The minimum absolute atomic E-state index is 0.0814. The summed E-state index contributed by atoms with van der Waals surface area (Å²) in [6.45, 7) is 4.39. The second-order valence-electron chi connectivity index (χ2n) is 2.97. The van der Waals surface area contributed by atoms with Gasteiger partial charge in [-0.15, -0.1) is 0 Å². The van der Waals surface area contributed by atoms with Crippen molar-refractivity contribution >= 4 is 5.91 Å². The van der Waals surface area contributed by atoms with E-state index >= 15 is 0 Å². The van der Waals surface area contributed by atoms with E-state index in [0.717, 1.165) is 6.42 Å². The molecule has 0 aliphatic heterocycles. The Labute approximate surface area is 73.5 Å². The molecule has 0 fully saturated rings. The van der Waals surface area contributed by atoms with Gasteiger partial charge in [-0.2, -0.15) is 0 Å². The quantitative estimate of drug-likeness (QED) is 0.610. The van der Waals surface area contributed by atoms with Crippen LogP contribution in [0.4, 0.5) is 0 Å². The van der Waals surface area contributed by atoms with E-state index in [1.165, 1.54) is 0 Å². The number of hydrogen-bond acceptors (Lipinski definition) is 3. The molecule has 0 aromatic rings. The minimum Gasteiger partial charge on any atom is -0.364 e. The van der Waals surface area contributed by atoms with Gasteiger partial charge in [-0.05, 0) is 13.3 Å². The number of amides is 1.